The first-order valence-electron chi connectivity index (χ1n) is 9.30. The maximum atomic E-state index is 12.8. The van der Waals surface area contributed by atoms with Crippen LogP contribution in [0.3, 0.4) is 0 Å². The lowest BCUT2D eigenvalue weighted by Gasteiger charge is -2.25. The number of nitrogens with one attached hydrogen (secondary N) is 1. The van der Waals surface area contributed by atoms with Crippen LogP contribution in [0, 0.1) is 0 Å². The van der Waals surface area contributed by atoms with Gasteiger partial charge in [-0.05, 0) is 36.8 Å². The van der Waals surface area contributed by atoms with Gasteiger partial charge in [-0.1, -0.05) is 35.9 Å². The Morgan fingerprint density at radius 3 is 2.63 bits per heavy atom. The third kappa shape index (κ3) is 4.13. The number of amides is 1. The molecule has 8 heteroatoms. The van der Waals surface area contributed by atoms with Gasteiger partial charge in [-0.2, -0.15) is 0 Å². The topological polar surface area (TPSA) is 73.9 Å². The quantitative estimate of drug-likeness (QED) is 0.560. The molecular formula is C22H18ClNO5S. The molecule has 30 heavy (non-hydrogen) atoms. The third-order valence-electron chi connectivity index (χ3n) is 4.46. The highest BCUT2D eigenvalue weighted by atomic mass is 35.5. The second-order valence-electron chi connectivity index (χ2n) is 6.43. The van der Waals surface area contributed by atoms with E-state index in [4.69, 9.17) is 25.8 Å². The molecule has 1 amide bonds. The van der Waals surface area contributed by atoms with Crippen LogP contribution in [0.4, 0.5) is 5.00 Å². The molecule has 1 aromatic heterocycles. The second-order valence-corrected chi connectivity index (χ2v) is 7.75. The van der Waals surface area contributed by atoms with Gasteiger partial charge >= 0.3 is 5.97 Å². The van der Waals surface area contributed by atoms with Gasteiger partial charge < -0.3 is 19.5 Å². The van der Waals surface area contributed by atoms with Crippen LogP contribution in [0.1, 0.15) is 17.3 Å². The van der Waals surface area contributed by atoms with Crippen molar-refractivity contribution in [3.63, 3.8) is 0 Å². The minimum Gasteiger partial charge on any atom is -0.485 e. The molecule has 1 aliphatic rings. The second kappa shape index (κ2) is 8.77. The standard InChI is InChI=1S/C22H18ClNO5S/c1-2-27-22(26)19-15(13-7-9-14(23)10-8-13)12-30-21(19)24-20(25)18-11-28-16-5-3-4-6-17(16)29-18/h3-10,12,18H,2,11H2,1H3,(H,24,25). The Hall–Kier alpha value is -3.03. The minimum absolute atomic E-state index is 0.0764. The van der Waals surface area contributed by atoms with Gasteiger partial charge in [-0.25, -0.2) is 4.79 Å². The van der Waals surface area contributed by atoms with Gasteiger partial charge in [0, 0.05) is 16.0 Å². The molecule has 0 spiro atoms. The van der Waals surface area contributed by atoms with Crippen molar-refractivity contribution in [3.8, 4) is 22.6 Å². The van der Waals surface area contributed by atoms with Gasteiger partial charge in [0.05, 0.1) is 6.61 Å². The molecule has 1 N–H and O–H groups in total. The summed E-state index contributed by atoms with van der Waals surface area (Å²) in [6.45, 7) is 2.03. The average Bonchev–Trinajstić information content (AvgIpc) is 3.17. The number of fused-ring (bicyclic) bond motifs is 1. The van der Waals surface area contributed by atoms with Crippen molar-refractivity contribution in [1.82, 2.24) is 0 Å². The number of thiophene rings is 1. The van der Waals surface area contributed by atoms with Crippen molar-refractivity contribution in [1.29, 1.82) is 0 Å². The maximum Gasteiger partial charge on any atom is 0.341 e. The predicted octanol–water partition coefficient (Wildman–Crippen LogP) is 5.02. The van der Waals surface area contributed by atoms with Crippen LogP contribution in [0.2, 0.25) is 5.02 Å². The predicted molar refractivity (Wildman–Crippen MR) is 116 cm³/mol. The van der Waals surface area contributed by atoms with Crippen molar-refractivity contribution in [3.05, 3.63) is 64.5 Å². The molecular weight excluding hydrogens is 426 g/mol. The van der Waals surface area contributed by atoms with Crippen LogP contribution in [-0.2, 0) is 9.53 Å². The van der Waals surface area contributed by atoms with Crippen molar-refractivity contribution in [2.75, 3.05) is 18.5 Å². The molecule has 1 aliphatic heterocycles. The molecule has 0 saturated heterocycles. The molecule has 154 valence electrons. The number of hydrogen-bond donors (Lipinski definition) is 1. The molecule has 0 fully saturated rings. The summed E-state index contributed by atoms with van der Waals surface area (Å²) >= 11 is 7.22. The Morgan fingerprint density at radius 1 is 1.17 bits per heavy atom. The summed E-state index contributed by atoms with van der Waals surface area (Å²) in [5.41, 5.74) is 1.76. The van der Waals surface area contributed by atoms with Crippen LogP contribution in [0.5, 0.6) is 11.5 Å². The number of hydrogen-bond acceptors (Lipinski definition) is 6. The van der Waals surface area contributed by atoms with Gasteiger partial charge in [-0.15, -0.1) is 11.3 Å². The first-order chi connectivity index (χ1) is 14.6. The van der Waals surface area contributed by atoms with Crippen molar-refractivity contribution >= 4 is 39.8 Å². The molecule has 2 aromatic carbocycles. The zero-order valence-corrected chi connectivity index (χ0v) is 17.6. The number of benzene rings is 2. The minimum atomic E-state index is -0.837. The fourth-order valence-corrected chi connectivity index (χ4v) is 4.13. The number of halogens is 1. The molecule has 2 heterocycles. The number of carbonyl (C=O) groups excluding carboxylic acids is 2. The van der Waals surface area contributed by atoms with Crippen molar-refractivity contribution in [2.24, 2.45) is 0 Å². The van der Waals surface area contributed by atoms with E-state index in [2.05, 4.69) is 5.32 Å². The van der Waals surface area contributed by atoms with Gasteiger partial charge in [0.2, 0.25) is 6.10 Å². The Kier molecular flexibility index (Phi) is 5.92. The Balaban J connectivity index is 1.60. The normalized spacial score (nSPS) is 14.8. The number of carbonyl (C=O) groups is 2. The van der Waals surface area contributed by atoms with Gasteiger partial charge in [0.1, 0.15) is 17.2 Å². The first-order valence-corrected chi connectivity index (χ1v) is 10.6. The van der Waals surface area contributed by atoms with Crippen LogP contribution in [0.15, 0.2) is 53.9 Å². The summed E-state index contributed by atoms with van der Waals surface area (Å²) < 4.78 is 16.6. The molecule has 0 aliphatic carbocycles. The average molecular weight is 444 g/mol. The van der Waals surface area contributed by atoms with Crippen molar-refractivity contribution < 1.29 is 23.8 Å². The largest absolute Gasteiger partial charge is 0.485 e. The number of para-hydroxylation sites is 2. The number of anilines is 1. The molecule has 0 saturated carbocycles. The molecule has 3 aromatic rings. The Morgan fingerprint density at radius 2 is 1.90 bits per heavy atom. The van der Waals surface area contributed by atoms with E-state index in [0.29, 0.717) is 32.6 Å². The fourth-order valence-electron chi connectivity index (χ4n) is 3.04. The fraction of sp³-hybridized carbons (Fsp3) is 0.182. The van der Waals surface area contributed by atoms with E-state index >= 15 is 0 Å². The van der Waals surface area contributed by atoms with E-state index in [1.807, 2.05) is 18.2 Å². The highest BCUT2D eigenvalue weighted by molar-refractivity contribution is 7.15. The van der Waals surface area contributed by atoms with E-state index in [-0.39, 0.29) is 13.2 Å². The summed E-state index contributed by atoms with van der Waals surface area (Å²) in [5.74, 6) is 0.183. The summed E-state index contributed by atoms with van der Waals surface area (Å²) in [5, 5.41) is 5.59. The number of rotatable bonds is 5. The summed E-state index contributed by atoms with van der Waals surface area (Å²) in [4.78, 5) is 25.5. The zero-order chi connectivity index (χ0) is 21.1. The van der Waals surface area contributed by atoms with Gasteiger partial charge in [-0.3, -0.25) is 4.79 Å². The van der Waals surface area contributed by atoms with E-state index in [9.17, 15) is 9.59 Å². The smallest absolute Gasteiger partial charge is 0.341 e. The SMILES string of the molecule is CCOC(=O)c1c(-c2ccc(Cl)cc2)csc1NC(=O)C1COc2ccccc2O1. The van der Waals surface area contributed by atoms with E-state index < -0.39 is 18.0 Å². The van der Waals surface area contributed by atoms with E-state index in [1.165, 1.54) is 11.3 Å². The Labute approximate surface area is 182 Å². The molecule has 6 nitrogen and oxygen atoms in total. The molecule has 0 radical (unpaired) electrons. The maximum absolute atomic E-state index is 12.8. The third-order valence-corrected chi connectivity index (χ3v) is 5.61. The lowest BCUT2D eigenvalue weighted by Crippen LogP contribution is -2.40. The molecule has 4 rings (SSSR count). The number of esters is 1. The summed E-state index contributed by atoms with van der Waals surface area (Å²) in [6, 6.07) is 14.3. The van der Waals surface area contributed by atoms with Crippen LogP contribution < -0.4 is 14.8 Å². The first kappa shape index (κ1) is 20.3. The summed E-state index contributed by atoms with van der Waals surface area (Å²) in [7, 11) is 0. The molecule has 1 atom stereocenters. The van der Waals surface area contributed by atoms with Crippen LogP contribution in [0.25, 0.3) is 11.1 Å². The van der Waals surface area contributed by atoms with E-state index in [1.54, 1.807) is 42.6 Å². The van der Waals surface area contributed by atoms with Crippen LogP contribution >= 0.6 is 22.9 Å². The van der Waals surface area contributed by atoms with Crippen molar-refractivity contribution in [2.45, 2.75) is 13.0 Å². The summed E-state index contributed by atoms with van der Waals surface area (Å²) in [6.07, 6.45) is -0.837. The number of ether oxygens (including phenoxy) is 3. The van der Waals surface area contributed by atoms with E-state index in [0.717, 1.165) is 5.56 Å². The lowest BCUT2D eigenvalue weighted by atomic mass is 10.0. The highest BCUT2D eigenvalue weighted by Gasteiger charge is 2.30. The molecule has 0 bridgehead atoms. The monoisotopic (exact) mass is 443 g/mol. The van der Waals surface area contributed by atoms with Gasteiger partial charge in [0.25, 0.3) is 5.91 Å². The highest BCUT2D eigenvalue weighted by Crippen LogP contribution is 2.37. The Bertz CT molecular complexity index is 1080. The van der Waals surface area contributed by atoms with Crippen LogP contribution in [-0.4, -0.2) is 31.2 Å². The van der Waals surface area contributed by atoms with Gasteiger partial charge in [0.15, 0.2) is 11.5 Å². The lowest BCUT2D eigenvalue weighted by molar-refractivity contribution is -0.125. The molecule has 1 unspecified atom stereocenters. The zero-order valence-electron chi connectivity index (χ0n) is 16.0.